The van der Waals surface area contributed by atoms with Gasteiger partial charge in [0.25, 0.3) is 5.91 Å². The third-order valence-electron chi connectivity index (χ3n) is 3.78. The SMILES string of the molecule is COc1cc(C(=O)Nc2nc(Cc3n[nH]c(=S)n3C)cs2)cc(Cl)c1OC. The summed E-state index contributed by atoms with van der Waals surface area (Å²) >= 11 is 12.6. The molecule has 0 saturated heterocycles. The second-order valence-electron chi connectivity index (χ2n) is 5.47. The van der Waals surface area contributed by atoms with E-state index >= 15 is 0 Å². The highest BCUT2D eigenvalue weighted by Crippen LogP contribution is 2.36. The lowest BCUT2D eigenvalue weighted by atomic mass is 10.2. The van der Waals surface area contributed by atoms with E-state index in [0.717, 1.165) is 11.5 Å². The number of thiazole rings is 1. The molecule has 2 N–H and O–H groups in total. The number of carbonyl (C=O) groups is 1. The lowest BCUT2D eigenvalue weighted by Crippen LogP contribution is -2.12. The Bertz CT molecular complexity index is 1040. The summed E-state index contributed by atoms with van der Waals surface area (Å²) < 4.78 is 12.7. The number of hydrogen-bond acceptors (Lipinski definition) is 7. The van der Waals surface area contributed by atoms with Gasteiger partial charge >= 0.3 is 0 Å². The molecule has 11 heteroatoms. The number of nitrogens with zero attached hydrogens (tertiary/aromatic N) is 3. The summed E-state index contributed by atoms with van der Waals surface area (Å²) in [6, 6.07) is 3.07. The largest absolute Gasteiger partial charge is 0.493 e. The molecule has 0 atom stereocenters. The van der Waals surface area contributed by atoms with E-state index in [2.05, 4.69) is 20.5 Å². The fourth-order valence-electron chi connectivity index (χ4n) is 2.36. The van der Waals surface area contributed by atoms with E-state index in [1.807, 2.05) is 12.4 Å². The van der Waals surface area contributed by atoms with Gasteiger partial charge in [0, 0.05) is 18.0 Å². The quantitative estimate of drug-likeness (QED) is 0.587. The van der Waals surface area contributed by atoms with Crippen LogP contribution < -0.4 is 14.8 Å². The number of H-pyrrole nitrogens is 1. The normalized spacial score (nSPS) is 10.7. The van der Waals surface area contributed by atoms with Crippen LogP contribution in [0.4, 0.5) is 5.13 Å². The van der Waals surface area contributed by atoms with Gasteiger partial charge in [-0.05, 0) is 24.4 Å². The number of methoxy groups -OCH3 is 2. The lowest BCUT2D eigenvalue weighted by molar-refractivity contribution is 0.102. The second-order valence-corrected chi connectivity index (χ2v) is 7.12. The fraction of sp³-hybridized carbons (Fsp3) is 0.250. The van der Waals surface area contributed by atoms with E-state index in [1.54, 1.807) is 10.6 Å². The van der Waals surface area contributed by atoms with Crippen LogP contribution in [0.15, 0.2) is 17.5 Å². The number of carbonyl (C=O) groups excluding carboxylic acids is 1. The van der Waals surface area contributed by atoms with Crippen molar-refractivity contribution in [1.82, 2.24) is 19.7 Å². The summed E-state index contributed by atoms with van der Waals surface area (Å²) in [5.74, 6) is 1.16. The molecule has 0 radical (unpaired) electrons. The molecule has 0 unspecified atom stereocenters. The average molecular weight is 426 g/mol. The minimum absolute atomic E-state index is 0.285. The molecule has 8 nitrogen and oxygen atoms in total. The van der Waals surface area contributed by atoms with Crippen molar-refractivity contribution in [3.05, 3.63) is 44.4 Å². The Morgan fingerprint density at radius 1 is 1.41 bits per heavy atom. The molecular formula is C16H16ClN5O3S2. The Hall–Kier alpha value is -2.43. The molecule has 0 fully saturated rings. The highest BCUT2D eigenvalue weighted by molar-refractivity contribution is 7.71. The molecule has 0 aliphatic heterocycles. The van der Waals surface area contributed by atoms with Crippen LogP contribution in [0.25, 0.3) is 0 Å². The van der Waals surface area contributed by atoms with Gasteiger partial charge in [-0.3, -0.25) is 15.2 Å². The number of halogens is 1. The van der Waals surface area contributed by atoms with E-state index in [1.165, 1.54) is 31.6 Å². The van der Waals surface area contributed by atoms with Gasteiger partial charge in [0.1, 0.15) is 5.82 Å². The molecular weight excluding hydrogens is 410 g/mol. The predicted molar refractivity (Wildman–Crippen MR) is 106 cm³/mol. The molecule has 142 valence electrons. The number of aromatic amines is 1. The van der Waals surface area contributed by atoms with Gasteiger partial charge in [0.05, 0.1) is 31.4 Å². The highest BCUT2D eigenvalue weighted by atomic mass is 35.5. The molecule has 2 aromatic heterocycles. The van der Waals surface area contributed by atoms with Crippen molar-refractivity contribution in [1.29, 1.82) is 0 Å². The topological polar surface area (TPSA) is 94.1 Å². The molecule has 0 aliphatic carbocycles. The van der Waals surface area contributed by atoms with Gasteiger partial charge in [-0.15, -0.1) is 11.3 Å². The van der Waals surface area contributed by atoms with Gasteiger partial charge in [0.2, 0.25) is 0 Å². The van der Waals surface area contributed by atoms with Crippen molar-refractivity contribution >= 4 is 46.2 Å². The first kappa shape index (κ1) is 19.3. The van der Waals surface area contributed by atoms with Crippen LogP contribution >= 0.6 is 35.2 Å². The minimum Gasteiger partial charge on any atom is -0.493 e. The van der Waals surface area contributed by atoms with Crippen LogP contribution in [-0.2, 0) is 13.5 Å². The van der Waals surface area contributed by atoms with E-state index in [-0.39, 0.29) is 10.9 Å². The van der Waals surface area contributed by atoms with E-state index < -0.39 is 0 Å². The molecule has 2 heterocycles. The average Bonchev–Trinajstić information content (AvgIpc) is 3.22. The Kier molecular flexibility index (Phi) is 5.78. The number of rotatable bonds is 6. The maximum absolute atomic E-state index is 12.5. The smallest absolute Gasteiger partial charge is 0.257 e. The third kappa shape index (κ3) is 4.12. The molecule has 1 aromatic carbocycles. The summed E-state index contributed by atoms with van der Waals surface area (Å²) in [6.45, 7) is 0. The number of anilines is 1. The minimum atomic E-state index is -0.350. The Balaban J connectivity index is 1.75. The second kappa shape index (κ2) is 8.07. The molecule has 0 bridgehead atoms. The zero-order chi connectivity index (χ0) is 19.6. The van der Waals surface area contributed by atoms with Gasteiger partial charge in [-0.1, -0.05) is 11.6 Å². The number of aromatic nitrogens is 4. The van der Waals surface area contributed by atoms with Crippen molar-refractivity contribution in [2.45, 2.75) is 6.42 Å². The van der Waals surface area contributed by atoms with Crippen LogP contribution in [0.3, 0.4) is 0 Å². The predicted octanol–water partition coefficient (Wildman–Crippen LogP) is 3.45. The van der Waals surface area contributed by atoms with Crippen molar-refractivity contribution in [2.24, 2.45) is 7.05 Å². The monoisotopic (exact) mass is 425 g/mol. The molecule has 0 saturated carbocycles. The van der Waals surface area contributed by atoms with Gasteiger partial charge in [-0.2, -0.15) is 5.10 Å². The van der Waals surface area contributed by atoms with Crippen LogP contribution in [0.2, 0.25) is 5.02 Å². The van der Waals surface area contributed by atoms with Crippen LogP contribution in [-0.4, -0.2) is 39.9 Å². The van der Waals surface area contributed by atoms with E-state index in [0.29, 0.717) is 33.4 Å². The van der Waals surface area contributed by atoms with Crippen molar-refractivity contribution < 1.29 is 14.3 Å². The Morgan fingerprint density at radius 2 is 2.19 bits per heavy atom. The number of ether oxygens (including phenoxy) is 2. The lowest BCUT2D eigenvalue weighted by Gasteiger charge is -2.11. The summed E-state index contributed by atoms with van der Waals surface area (Å²) in [4.78, 5) is 16.9. The maximum atomic E-state index is 12.5. The van der Waals surface area contributed by atoms with Crippen molar-refractivity contribution in [3.63, 3.8) is 0 Å². The maximum Gasteiger partial charge on any atom is 0.257 e. The Labute approximate surface area is 169 Å². The number of benzene rings is 1. The summed E-state index contributed by atoms with van der Waals surface area (Å²) in [6.07, 6.45) is 0.498. The first-order valence-electron chi connectivity index (χ1n) is 7.70. The molecule has 1 amide bonds. The summed E-state index contributed by atoms with van der Waals surface area (Å²) in [7, 11) is 4.79. The van der Waals surface area contributed by atoms with Gasteiger partial charge < -0.3 is 14.0 Å². The molecule has 27 heavy (non-hydrogen) atoms. The zero-order valence-corrected chi connectivity index (χ0v) is 17.1. The Morgan fingerprint density at radius 3 is 2.81 bits per heavy atom. The van der Waals surface area contributed by atoms with Crippen LogP contribution in [0, 0.1) is 4.77 Å². The summed E-state index contributed by atoms with van der Waals surface area (Å²) in [5.41, 5.74) is 1.11. The molecule has 0 spiro atoms. The standard InChI is InChI=1S/C16H16ClN5O3S2/c1-22-12(20-21-16(22)26)6-9-7-27-15(18-9)19-14(23)8-4-10(17)13(25-3)11(5-8)24-2/h4-5,7H,6H2,1-3H3,(H,21,26)(H,18,19,23). The number of hydrogen-bond donors (Lipinski definition) is 2. The van der Waals surface area contributed by atoms with Gasteiger partial charge in [-0.25, -0.2) is 4.98 Å². The van der Waals surface area contributed by atoms with Crippen molar-refractivity contribution in [2.75, 3.05) is 19.5 Å². The number of nitrogens with one attached hydrogen (secondary N) is 2. The van der Waals surface area contributed by atoms with Gasteiger partial charge in [0.15, 0.2) is 21.4 Å². The zero-order valence-electron chi connectivity index (χ0n) is 14.7. The first-order valence-corrected chi connectivity index (χ1v) is 9.37. The van der Waals surface area contributed by atoms with Crippen molar-refractivity contribution in [3.8, 4) is 11.5 Å². The molecule has 3 rings (SSSR count). The first-order chi connectivity index (χ1) is 12.9. The fourth-order valence-corrected chi connectivity index (χ4v) is 3.51. The number of amides is 1. The highest BCUT2D eigenvalue weighted by Gasteiger charge is 2.16. The van der Waals surface area contributed by atoms with Crippen LogP contribution in [0.5, 0.6) is 11.5 Å². The van der Waals surface area contributed by atoms with E-state index in [4.69, 9.17) is 33.3 Å². The molecule has 0 aliphatic rings. The van der Waals surface area contributed by atoms with E-state index in [9.17, 15) is 4.79 Å². The summed E-state index contributed by atoms with van der Waals surface area (Å²) in [5, 5.41) is 12.3. The third-order valence-corrected chi connectivity index (χ3v) is 5.23. The van der Waals surface area contributed by atoms with Crippen LogP contribution in [0.1, 0.15) is 21.9 Å². The molecule has 3 aromatic rings.